The van der Waals surface area contributed by atoms with Crippen molar-refractivity contribution in [2.75, 3.05) is 13.2 Å². The molecule has 1 heterocycles. The van der Waals surface area contributed by atoms with Gasteiger partial charge in [0.1, 0.15) is 6.10 Å². The van der Waals surface area contributed by atoms with E-state index in [1.54, 1.807) is 0 Å². The summed E-state index contributed by atoms with van der Waals surface area (Å²) in [7, 11) is 0. The maximum Gasteiger partial charge on any atom is 0.157 e. The van der Waals surface area contributed by atoms with Gasteiger partial charge in [0, 0.05) is 24.3 Å². The summed E-state index contributed by atoms with van der Waals surface area (Å²) >= 11 is 1.52. The van der Waals surface area contributed by atoms with E-state index in [0.717, 1.165) is 18.1 Å². The van der Waals surface area contributed by atoms with Crippen molar-refractivity contribution < 1.29 is 15.3 Å². The average Bonchev–Trinajstić information content (AvgIpc) is 2.78. The zero-order valence-electron chi connectivity index (χ0n) is 9.21. The Morgan fingerprint density at radius 3 is 2.75 bits per heavy atom. The van der Waals surface area contributed by atoms with Crippen molar-refractivity contribution in [1.29, 1.82) is 0 Å². The predicted molar refractivity (Wildman–Crippen MR) is 63.5 cm³/mol. The predicted octanol–water partition coefficient (Wildman–Crippen LogP) is -0.830. The van der Waals surface area contributed by atoms with Crippen LogP contribution in [0.4, 0.5) is 0 Å². The summed E-state index contributed by atoms with van der Waals surface area (Å²) in [4.78, 5) is 4.35. The van der Waals surface area contributed by atoms with Crippen LogP contribution in [-0.4, -0.2) is 57.1 Å². The lowest BCUT2D eigenvalue weighted by Gasteiger charge is -2.17. The average molecular weight is 246 g/mol. The van der Waals surface area contributed by atoms with Gasteiger partial charge in [-0.2, -0.15) is 0 Å². The highest BCUT2D eigenvalue weighted by molar-refractivity contribution is 8.14. The molecule has 5 atom stereocenters. The van der Waals surface area contributed by atoms with Crippen LogP contribution >= 0.6 is 11.8 Å². The number of rotatable bonds is 3. The first-order valence-corrected chi connectivity index (χ1v) is 6.51. The molecule has 2 rings (SSSR count). The molecule has 6 heteroatoms. The number of fused-ring (bicyclic) bond motifs is 1. The smallest absolute Gasteiger partial charge is 0.157 e. The van der Waals surface area contributed by atoms with Gasteiger partial charge >= 0.3 is 0 Å². The normalized spacial score (nSPS) is 44.8. The van der Waals surface area contributed by atoms with Crippen molar-refractivity contribution in [1.82, 2.24) is 5.32 Å². The van der Waals surface area contributed by atoms with Crippen LogP contribution in [-0.2, 0) is 0 Å². The first-order chi connectivity index (χ1) is 7.69. The number of amidine groups is 1. The molecule has 2 unspecified atom stereocenters. The zero-order chi connectivity index (χ0) is 11.7. The van der Waals surface area contributed by atoms with E-state index in [-0.39, 0.29) is 23.8 Å². The molecule has 0 bridgehead atoms. The molecule has 1 saturated heterocycles. The molecule has 92 valence electrons. The molecule has 1 aliphatic carbocycles. The first kappa shape index (κ1) is 12.2. The van der Waals surface area contributed by atoms with Gasteiger partial charge in [-0.25, -0.2) is 0 Å². The first-order valence-electron chi connectivity index (χ1n) is 5.63. The van der Waals surface area contributed by atoms with E-state index in [1.165, 1.54) is 11.8 Å². The number of aliphatic hydroxyl groups is 3. The Morgan fingerprint density at radius 2 is 2.12 bits per heavy atom. The van der Waals surface area contributed by atoms with E-state index < -0.39 is 12.2 Å². The number of thioether (sulfide) groups is 1. The third-order valence-electron chi connectivity index (χ3n) is 3.16. The van der Waals surface area contributed by atoms with Gasteiger partial charge in [0.15, 0.2) is 5.17 Å². The van der Waals surface area contributed by atoms with Crippen LogP contribution in [0, 0.1) is 5.92 Å². The van der Waals surface area contributed by atoms with Crippen molar-refractivity contribution in [2.45, 2.75) is 36.8 Å². The van der Waals surface area contributed by atoms with Crippen LogP contribution < -0.4 is 5.32 Å². The fourth-order valence-electron chi connectivity index (χ4n) is 2.26. The minimum atomic E-state index is -0.840. The van der Waals surface area contributed by atoms with Crippen molar-refractivity contribution in [2.24, 2.45) is 10.9 Å². The van der Waals surface area contributed by atoms with Crippen molar-refractivity contribution in [3.8, 4) is 0 Å². The maximum absolute atomic E-state index is 9.82. The lowest BCUT2D eigenvalue weighted by molar-refractivity contribution is 0.00147. The fraction of sp³-hybridized carbons (Fsp3) is 0.900. The molecule has 0 aromatic rings. The number of nitrogens with zero attached hydrogens (tertiary/aromatic N) is 1. The fourth-order valence-corrected chi connectivity index (χ4v) is 3.69. The molecule has 1 saturated carbocycles. The minimum Gasteiger partial charge on any atom is -0.396 e. The third kappa shape index (κ3) is 1.95. The number of hydrogen-bond donors (Lipinski definition) is 4. The summed E-state index contributed by atoms with van der Waals surface area (Å²) in [6.45, 7) is 2.71. The van der Waals surface area contributed by atoms with Crippen molar-refractivity contribution >= 4 is 16.9 Å². The highest BCUT2D eigenvalue weighted by Crippen LogP contribution is 2.40. The Labute approximate surface area is 99.0 Å². The maximum atomic E-state index is 9.82. The molecule has 5 nitrogen and oxygen atoms in total. The molecule has 2 aliphatic rings. The van der Waals surface area contributed by atoms with E-state index in [0.29, 0.717) is 0 Å². The highest BCUT2D eigenvalue weighted by atomic mass is 32.2. The van der Waals surface area contributed by atoms with Gasteiger partial charge in [-0.15, -0.1) is 0 Å². The summed E-state index contributed by atoms with van der Waals surface area (Å²) < 4.78 is 0. The number of hydrogen-bond acceptors (Lipinski definition) is 5. The molecular weight excluding hydrogens is 228 g/mol. The molecule has 0 amide bonds. The van der Waals surface area contributed by atoms with E-state index in [9.17, 15) is 15.3 Å². The second kappa shape index (κ2) is 4.91. The van der Waals surface area contributed by atoms with Crippen LogP contribution in [0.3, 0.4) is 0 Å². The van der Waals surface area contributed by atoms with E-state index in [1.807, 2.05) is 0 Å². The van der Waals surface area contributed by atoms with Crippen LogP contribution in [0.1, 0.15) is 13.3 Å². The molecule has 0 aromatic heterocycles. The second-order valence-electron chi connectivity index (χ2n) is 4.27. The van der Waals surface area contributed by atoms with Crippen molar-refractivity contribution in [3.05, 3.63) is 0 Å². The molecule has 0 spiro atoms. The van der Waals surface area contributed by atoms with Crippen molar-refractivity contribution in [3.63, 3.8) is 0 Å². The molecule has 4 N–H and O–H groups in total. The van der Waals surface area contributed by atoms with E-state index >= 15 is 0 Å². The molecule has 0 radical (unpaired) electrons. The van der Waals surface area contributed by atoms with Crippen LogP contribution in [0.2, 0.25) is 0 Å². The SMILES string of the molecule is CCCN=C1NC2C(S1)[C@H](CO)[C@@H](O)[C@@H]2O. The largest absolute Gasteiger partial charge is 0.396 e. The summed E-state index contributed by atoms with van der Waals surface area (Å²) in [5, 5.41) is 32.7. The summed E-state index contributed by atoms with van der Waals surface area (Å²) in [5.41, 5.74) is 0. The Kier molecular flexibility index (Phi) is 3.73. The second-order valence-corrected chi connectivity index (χ2v) is 5.43. The van der Waals surface area contributed by atoms with Gasteiger partial charge in [-0.3, -0.25) is 4.99 Å². The van der Waals surface area contributed by atoms with Crippen LogP contribution in [0.5, 0.6) is 0 Å². The Bertz CT molecular complexity index is 287. The van der Waals surface area contributed by atoms with Gasteiger partial charge in [-0.05, 0) is 6.42 Å². The topological polar surface area (TPSA) is 85.1 Å². The Balaban J connectivity index is 2.07. The summed E-state index contributed by atoms with van der Waals surface area (Å²) in [6, 6.07) is -0.187. The number of aliphatic hydroxyl groups excluding tert-OH is 3. The molecule has 2 fully saturated rings. The van der Waals surface area contributed by atoms with Gasteiger partial charge in [0.2, 0.25) is 0 Å². The van der Waals surface area contributed by atoms with Gasteiger partial charge in [0.25, 0.3) is 0 Å². The van der Waals surface area contributed by atoms with E-state index in [4.69, 9.17) is 0 Å². The van der Waals surface area contributed by atoms with Crippen LogP contribution in [0.15, 0.2) is 4.99 Å². The van der Waals surface area contributed by atoms with Gasteiger partial charge in [-0.1, -0.05) is 18.7 Å². The highest BCUT2D eigenvalue weighted by Gasteiger charge is 2.53. The van der Waals surface area contributed by atoms with Gasteiger partial charge < -0.3 is 20.6 Å². The lowest BCUT2D eigenvalue weighted by Crippen LogP contribution is -2.40. The molecule has 16 heavy (non-hydrogen) atoms. The summed E-state index contributed by atoms with van der Waals surface area (Å²) in [6.07, 6.45) is -0.674. The van der Waals surface area contributed by atoms with Crippen LogP contribution in [0.25, 0.3) is 0 Å². The molecule has 0 aromatic carbocycles. The number of nitrogens with one attached hydrogen (secondary N) is 1. The van der Waals surface area contributed by atoms with E-state index in [2.05, 4.69) is 17.2 Å². The minimum absolute atomic E-state index is 0.0191. The standard InChI is InChI=1S/C10H18N2O3S/c1-2-3-11-10-12-6-8(15)7(14)5(4-13)9(6)16-10/h5-9,13-15H,2-4H2,1H3,(H,11,12)/t5-,6?,7-,8-,9?/m1/s1. The zero-order valence-corrected chi connectivity index (χ0v) is 10.0. The number of aliphatic imine (C=N–C) groups is 1. The van der Waals surface area contributed by atoms with Gasteiger partial charge in [0.05, 0.1) is 12.1 Å². The molecule has 1 aliphatic heterocycles. The summed E-state index contributed by atoms with van der Waals surface area (Å²) in [5.74, 6) is -0.271. The monoisotopic (exact) mass is 246 g/mol. The molecular formula is C10H18N2O3S. The Hall–Kier alpha value is -0.300. The third-order valence-corrected chi connectivity index (χ3v) is 4.55. The quantitative estimate of drug-likeness (QED) is 0.522. The lowest BCUT2D eigenvalue weighted by atomic mass is 10.1. The Morgan fingerprint density at radius 1 is 1.38 bits per heavy atom.